The van der Waals surface area contributed by atoms with Crippen molar-refractivity contribution in [2.24, 2.45) is 0 Å². The second kappa shape index (κ2) is 3.14. The zero-order valence-electron chi connectivity index (χ0n) is 8.57. The minimum Gasteiger partial charge on any atom is -0.328 e. The summed E-state index contributed by atoms with van der Waals surface area (Å²) in [6.07, 6.45) is 0.615. The van der Waals surface area contributed by atoms with E-state index in [4.69, 9.17) is 0 Å². The fourth-order valence-electron chi connectivity index (χ4n) is 2.56. The molecule has 0 bridgehead atoms. The molecule has 1 unspecified atom stereocenters. The third kappa shape index (κ3) is 1.19. The van der Waals surface area contributed by atoms with Crippen molar-refractivity contribution in [3.05, 3.63) is 35.1 Å². The Morgan fingerprint density at radius 3 is 2.94 bits per heavy atom. The lowest BCUT2D eigenvalue weighted by atomic mass is 9.92. The van der Waals surface area contributed by atoms with Gasteiger partial charge in [0.2, 0.25) is 5.91 Å². The quantitative estimate of drug-likeness (QED) is 0.615. The minimum absolute atomic E-state index is 0.0124. The first-order valence-corrected chi connectivity index (χ1v) is 5.27. The van der Waals surface area contributed by atoms with Crippen LogP contribution < -0.4 is 0 Å². The molecule has 1 saturated heterocycles. The van der Waals surface area contributed by atoms with Crippen molar-refractivity contribution in [2.45, 2.75) is 18.9 Å². The maximum absolute atomic E-state index is 13.0. The first-order valence-electron chi connectivity index (χ1n) is 5.27. The lowest BCUT2D eigenvalue weighted by Gasteiger charge is -2.30. The van der Waals surface area contributed by atoms with Crippen LogP contribution in [0.5, 0.6) is 0 Å². The van der Waals surface area contributed by atoms with Gasteiger partial charge < -0.3 is 4.90 Å². The summed E-state index contributed by atoms with van der Waals surface area (Å²) in [6.45, 7) is 0.520. The number of carbonyl (C=O) groups excluding carboxylic acids is 2. The highest BCUT2D eigenvalue weighted by Crippen LogP contribution is 2.36. The van der Waals surface area contributed by atoms with Crippen LogP contribution in [0.1, 0.15) is 23.6 Å². The van der Waals surface area contributed by atoms with E-state index in [9.17, 15) is 14.0 Å². The molecule has 1 aromatic carbocycles. The number of fused-ring (bicyclic) bond motifs is 3. The predicted octanol–water partition coefficient (Wildman–Crippen LogP) is 1.22. The minimum atomic E-state index is -0.461. The molecule has 3 rings (SSSR count). The number of carbonyl (C=O) groups is 2. The molecule has 0 radical (unpaired) electrons. The molecule has 1 aromatic rings. The van der Waals surface area contributed by atoms with Crippen molar-refractivity contribution in [3.63, 3.8) is 0 Å². The Hall–Kier alpha value is -1.71. The molecule has 2 aliphatic rings. The highest BCUT2D eigenvalue weighted by molar-refractivity contribution is 6.08. The Morgan fingerprint density at radius 2 is 2.12 bits per heavy atom. The molecule has 0 N–H and O–H groups in total. The van der Waals surface area contributed by atoms with Crippen LogP contribution >= 0.6 is 0 Å². The molecular weight excluding hydrogens is 209 g/mol. The van der Waals surface area contributed by atoms with Crippen LogP contribution in [0.4, 0.5) is 4.39 Å². The smallest absolute Gasteiger partial charge is 0.231 e. The van der Waals surface area contributed by atoms with Gasteiger partial charge in [0.25, 0.3) is 0 Å². The largest absolute Gasteiger partial charge is 0.328 e. The summed E-state index contributed by atoms with van der Waals surface area (Å²) in [4.78, 5) is 24.8. The third-order valence-electron chi connectivity index (χ3n) is 3.28. The molecule has 1 amide bonds. The summed E-state index contributed by atoms with van der Waals surface area (Å²) in [5, 5.41) is 0. The Balaban J connectivity index is 2.12. The maximum Gasteiger partial charge on any atom is 0.231 e. The molecule has 0 spiro atoms. The van der Waals surface area contributed by atoms with Gasteiger partial charge in [-0.3, -0.25) is 9.59 Å². The summed E-state index contributed by atoms with van der Waals surface area (Å²) in [5.41, 5.74) is 1.65. The van der Waals surface area contributed by atoms with E-state index in [0.717, 1.165) is 11.1 Å². The Labute approximate surface area is 91.9 Å². The van der Waals surface area contributed by atoms with Gasteiger partial charge in [-0.15, -0.1) is 0 Å². The zero-order valence-corrected chi connectivity index (χ0v) is 8.57. The predicted molar refractivity (Wildman–Crippen MR) is 54.2 cm³/mol. The van der Waals surface area contributed by atoms with Crippen LogP contribution in [-0.4, -0.2) is 23.1 Å². The molecule has 0 saturated carbocycles. The van der Waals surface area contributed by atoms with Gasteiger partial charge in [-0.25, -0.2) is 4.39 Å². The molecule has 3 nitrogen and oxygen atoms in total. The van der Waals surface area contributed by atoms with Crippen LogP contribution in [0.15, 0.2) is 18.2 Å². The molecule has 4 heteroatoms. The maximum atomic E-state index is 13.0. The summed E-state index contributed by atoms with van der Waals surface area (Å²) in [7, 11) is 0. The topological polar surface area (TPSA) is 37.4 Å². The second-order valence-corrected chi connectivity index (χ2v) is 4.23. The van der Waals surface area contributed by atoms with Crippen LogP contribution in [0.2, 0.25) is 0 Å². The highest BCUT2D eigenvalue weighted by Gasteiger charge is 2.42. The number of hydrogen-bond acceptors (Lipinski definition) is 2. The van der Waals surface area contributed by atoms with E-state index >= 15 is 0 Å². The summed E-state index contributed by atoms with van der Waals surface area (Å²) < 4.78 is 13.0. The molecule has 0 aliphatic carbocycles. The molecule has 2 aliphatic heterocycles. The Bertz CT molecular complexity index is 498. The number of hydrogen-bond donors (Lipinski definition) is 0. The summed E-state index contributed by atoms with van der Waals surface area (Å²) in [5.74, 6) is -0.466. The van der Waals surface area contributed by atoms with Crippen molar-refractivity contribution < 1.29 is 14.0 Å². The van der Waals surface area contributed by atoms with Crippen molar-refractivity contribution >= 4 is 11.7 Å². The number of benzene rings is 1. The first kappa shape index (κ1) is 9.51. The summed E-state index contributed by atoms with van der Waals surface area (Å²) in [6, 6.07) is 3.97. The van der Waals surface area contributed by atoms with Gasteiger partial charge in [-0.2, -0.15) is 0 Å². The lowest BCUT2D eigenvalue weighted by Crippen LogP contribution is -2.35. The second-order valence-electron chi connectivity index (χ2n) is 4.23. The molecule has 82 valence electrons. The number of rotatable bonds is 0. The van der Waals surface area contributed by atoms with E-state index in [1.165, 1.54) is 12.1 Å². The average molecular weight is 219 g/mol. The summed E-state index contributed by atoms with van der Waals surface area (Å²) >= 11 is 0. The number of amides is 1. The SMILES string of the molecule is O=C1CC(=O)N2CCc3cc(F)ccc3C12. The number of halogens is 1. The van der Waals surface area contributed by atoms with E-state index in [1.54, 1.807) is 11.0 Å². The lowest BCUT2D eigenvalue weighted by molar-refractivity contribution is -0.129. The van der Waals surface area contributed by atoms with Crippen molar-refractivity contribution in [3.8, 4) is 0 Å². The molecule has 16 heavy (non-hydrogen) atoms. The monoisotopic (exact) mass is 219 g/mol. The molecular formula is C12H10FNO2. The van der Waals surface area contributed by atoms with Gasteiger partial charge in [0.15, 0.2) is 5.78 Å². The van der Waals surface area contributed by atoms with E-state index in [0.29, 0.717) is 13.0 Å². The normalized spacial score (nSPS) is 23.3. The van der Waals surface area contributed by atoms with Gasteiger partial charge >= 0.3 is 0 Å². The number of Topliss-reactive ketones (excluding diaryl/α,β-unsaturated/α-hetero) is 1. The van der Waals surface area contributed by atoms with Gasteiger partial charge in [0.1, 0.15) is 11.9 Å². The number of nitrogens with zero attached hydrogens (tertiary/aromatic N) is 1. The van der Waals surface area contributed by atoms with E-state index in [2.05, 4.69) is 0 Å². The van der Waals surface area contributed by atoms with Crippen LogP contribution in [0.3, 0.4) is 0 Å². The van der Waals surface area contributed by atoms with Crippen molar-refractivity contribution in [2.75, 3.05) is 6.54 Å². The van der Waals surface area contributed by atoms with Crippen LogP contribution in [0.25, 0.3) is 0 Å². The fraction of sp³-hybridized carbons (Fsp3) is 0.333. The average Bonchev–Trinajstić information content (AvgIpc) is 2.54. The molecule has 2 heterocycles. The van der Waals surface area contributed by atoms with Crippen molar-refractivity contribution in [1.82, 2.24) is 4.90 Å². The van der Waals surface area contributed by atoms with Gasteiger partial charge in [0, 0.05) is 6.54 Å². The van der Waals surface area contributed by atoms with Gasteiger partial charge in [-0.05, 0) is 29.7 Å². The van der Waals surface area contributed by atoms with Gasteiger partial charge in [0.05, 0.1) is 6.42 Å². The Kier molecular flexibility index (Phi) is 1.87. The number of ketones is 1. The van der Waals surface area contributed by atoms with Crippen LogP contribution in [-0.2, 0) is 16.0 Å². The first-order chi connectivity index (χ1) is 7.66. The van der Waals surface area contributed by atoms with E-state index in [1.807, 2.05) is 0 Å². The zero-order chi connectivity index (χ0) is 11.3. The Morgan fingerprint density at radius 1 is 1.31 bits per heavy atom. The van der Waals surface area contributed by atoms with E-state index in [-0.39, 0.29) is 23.9 Å². The van der Waals surface area contributed by atoms with Gasteiger partial charge in [-0.1, -0.05) is 6.07 Å². The van der Waals surface area contributed by atoms with E-state index < -0.39 is 6.04 Å². The molecule has 1 fully saturated rings. The van der Waals surface area contributed by atoms with Crippen molar-refractivity contribution in [1.29, 1.82) is 0 Å². The standard InChI is InChI=1S/C12H10FNO2/c13-8-1-2-9-7(5-8)3-4-14-11(16)6-10(15)12(9)14/h1-2,5,12H,3-4,6H2. The van der Waals surface area contributed by atoms with Crippen LogP contribution in [0, 0.1) is 5.82 Å². The fourth-order valence-corrected chi connectivity index (χ4v) is 2.56. The highest BCUT2D eigenvalue weighted by atomic mass is 19.1. The third-order valence-corrected chi connectivity index (χ3v) is 3.28. The molecule has 0 aromatic heterocycles. The molecule has 1 atom stereocenters.